The van der Waals surface area contributed by atoms with E-state index in [1.807, 2.05) is 12.1 Å². The summed E-state index contributed by atoms with van der Waals surface area (Å²) < 4.78 is 11.2. The Morgan fingerprint density at radius 2 is 1.80 bits per heavy atom. The monoisotopic (exact) mass is 294 g/mol. The molecule has 1 aromatic rings. The van der Waals surface area contributed by atoms with Gasteiger partial charge in [0.1, 0.15) is 13.2 Å². The fourth-order valence-corrected chi connectivity index (χ4v) is 3.71. The van der Waals surface area contributed by atoms with E-state index in [4.69, 9.17) is 21.1 Å². The molecule has 0 aromatic heterocycles. The lowest BCUT2D eigenvalue weighted by Crippen LogP contribution is -2.53. The molecule has 5 rings (SSSR count). The van der Waals surface area contributed by atoms with Crippen LogP contribution in [0.5, 0.6) is 11.5 Å². The Morgan fingerprint density at radius 3 is 2.45 bits per heavy atom. The van der Waals surface area contributed by atoms with Crippen molar-refractivity contribution in [1.82, 2.24) is 4.90 Å². The first-order valence-corrected chi connectivity index (χ1v) is 7.75. The minimum absolute atomic E-state index is 0.498. The van der Waals surface area contributed by atoms with Crippen molar-refractivity contribution in [3.05, 3.63) is 17.2 Å². The summed E-state index contributed by atoms with van der Waals surface area (Å²) >= 11 is 6.37. The number of nitrogens with zero attached hydrogens (tertiary/aromatic N) is 1. The van der Waals surface area contributed by atoms with Gasteiger partial charge in [0, 0.05) is 24.7 Å². The van der Waals surface area contributed by atoms with E-state index in [0.29, 0.717) is 24.3 Å². The lowest BCUT2D eigenvalue weighted by atomic mass is 9.84. The van der Waals surface area contributed by atoms with Crippen LogP contribution in [0.1, 0.15) is 12.8 Å². The number of fused-ring (bicyclic) bond motifs is 4. The molecule has 108 valence electrons. The fraction of sp³-hybridized carbons (Fsp3) is 0.600. The van der Waals surface area contributed by atoms with E-state index in [-0.39, 0.29) is 0 Å². The normalized spacial score (nSPS) is 31.1. The maximum atomic E-state index is 6.37. The first-order valence-electron chi connectivity index (χ1n) is 7.37. The highest BCUT2D eigenvalue weighted by atomic mass is 35.5. The van der Waals surface area contributed by atoms with Gasteiger partial charge in [0.15, 0.2) is 11.5 Å². The van der Waals surface area contributed by atoms with Gasteiger partial charge in [-0.05, 0) is 31.8 Å². The van der Waals surface area contributed by atoms with Crippen LogP contribution in [-0.4, -0.2) is 43.8 Å². The second kappa shape index (κ2) is 5.01. The van der Waals surface area contributed by atoms with Crippen molar-refractivity contribution in [3.8, 4) is 11.5 Å². The van der Waals surface area contributed by atoms with Crippen LogP contribution in [0.15, 0.2) is 12.1 Å². The molecule has 20 heavy (non-hydrogen) atoms. The zero-order valence-electron chi connectivity index (χ0n) is 11.4. The Morgan fingerprint density at radius 1 is 1.10 bits per heavy atom. The van der Waals surface area contributed by atoms with Gasteiger partial charge >= 0.3 is 0 Å². The van der Waals surface area contributed by atoms with Gasteiger partial charge in [-0.1, -0.05) is 11.6 Å². The van der Waals surface area contributed by atoms with Crippen molar-refractivity contribution in [1.29, 1.82) is 0 Å². The zero-order valence-corrected chi connectivity index (χ0v) is 12.2. The molecule has 0 amide bonds. The maximum absolute atomic E-state index is 6.37. The van der Waals surface area contributed by atoms with Crippen LogP contribution in [0.2, 0.25) is 5.02 Å². The van der Waals surface area contributed by atoms with Gasteiger partial charge in [-0.25, -0.2) is 0 Å². The molecule has 5 heteroatoms. The topological polar surface area (TPSA) is 33.7 Å². The number of hydrogen-bond donors (Lipinski definition) is 1. The molecule has 4 aliphatic heterocycles. The average Bonchev–Trinajstić information content (AvgIpc) is 2.49. The van der Waals surface area contributed by atoms with Crippen LogP contribution in [0.4, 0.5) is 5.69 Å². The fourth-order valence-electron chi connectivity index (χ4n) is 3.50. The summed E-state index contributed by atoms with van der Waals surface area (Å²) in [5.41, 5.74) is 0.967. The van der Waals surface area contributed by atoms with Crippen LogP contribution in [0.3, 0.4) is 0 Å². The third-order valence-corrected chi connectivity index (χ3v) is 4.94. The molecule has 4 nitrogen and oxygen atoms in total. The van der Waals surface area contributed by atoms with Crippen molar-refractivity contribution >= 4 is 17.3 Å². The third-order valence-electron chi connectivity index (χ3n) is 4.63. The third kappa shape index (κ3) is 2.21. The predicted octanol–water partition coefficient (Wildman–Crippen LogP) is 2.62. The summed E-state index contributed by atoms with van der Waals surface area (Å²) in [6.07, 6.45) is 2.58. The molecule has 3 fully saturated rings. The number of halogens is 1. The molecule has 1 unspecified atom stereocenters. The molecule has 0 aliphatic carbocycles. The van der Waals surface area contributed by atoms with E-state index in [0.717, 1.165) is 29.6 Å². The molecule has 1 aromatic carbocycles. The molecule has 4 aliphatic rings. The van der Waals surface area contributed by atoms with E-state index in [1.165, 1.54) is 25.9 Å². The maximum Gasteiger partial charge on any atom is 0.163 e. The van der Waals surface area contributed by atoms with E-state index in [1.54, 1.807) is 0 Å². The molecule has 1 N–H and O–H groups in total. The van der Waals surface area contributed by atoms with Crippen LogP contribution in [-0.2, 0) is 0 Å². The number of anilines is 1. The quantitative estimate of drug-likeness (QED) is 0.909. The number of benzene rings is 1. The Labute approximate surface area is 124 Å². The highest BCUT2D eigenvalue weighted by Crippen LogP contribution is 2.39. The number of piperidine rings is 3. The van der Waals surface area contributed by atoms with Gasteiger partial charge in [-0.3, -0.25) is 0 Å². The summed E-state index contributed by atoms with van der Waals surface area (Å²) in [4.78, 5) is 2.53. The highest BCUT2D eigenvalue weighted by Gasteiger charge is 2.34. The van der Waals surface area contributed by atoms with Crippen LogP contribution >= 0.6 is 11.6 Å². The lowest BCUT2D eigenvalue weighted by Gasteiger charge is -2.45. The smallest absolute Gasteiger partial charge is 0.163 e. The van der Waals surface area contributed by atoms with Gasteiger partial charge in [0.05, 0.1) is 10.7 Å². The van der Waals surface area contributed by atoms with E-state index in [2.05, 4.69) is 10.2 Å². The summed E-state index contributed by atoms with van der Waals surface area (Å²) in [6, 6.07) is 4.34. The Balaban J connectivity index is 1.56. The summed E-state index contributed by atoms with van der Waals surface area (Å²) in [5, 5.41) is 4.34. The standard InChI is InChI=1S/C15H19ClN2O2/c16-11-7-14-15(20-6-5-19-14)8-12(11)17-13-9-18-3-1-10(13)2-4-18/h7-8,10,13,17H,1-6,9H2. The number of ether oxygens (including phenoxy) is 2. The van der Waals surface area contributed by atoms with Crippen molar-refractivity contribution in [3.63, 3.8) is 0 Å². The van der Waals surface area contributed by atoms with Gasteiger partial charge in [-0.15, -0.1) is 0 Å². The Hall–Kier alpha value is -1.13. The minimum atomic E-state index is 0.498. The molecular weight excluding hydrogens is 276 g/mol. The lowest BCUT2D eigenvalue weighted by molar-refractivity contribution is 0.0975. The summed E-state index contributed by atoms with van der Waals surface area (Å²) in [7, 11) is 0. The molecule has 0 saturated carbocycles. The number of nitrogens with one attached hydrogen (secondary N) is 1. The van der Waals surface area contributed by atoms with E-state index in [9.17, 15) is 0 Å². The van der Waals surface area contributed by atoms with Crippen molar-refractivity contribution in [2.75, 3.05) is 38.2 Å². The highest BCUT2D eigenvalue weighted by molar-refractivity contribution is 6.33. The molecule has 0 spiro atoms. The van der Waals surface area contributed by atoms with Crippen molar-refractivity contribution in [2.45, 2.75) is 18.9 Å². The zero-order chi connectivity index (χ0) is 13.5. The van der Waals surface area contributed by atoms with Gasteiger partial charge < -0.3 is 19.7 Å². The van der Waals surface area contributed by atoms with Gasteiger partial charge in [-0.2, -0.15) is 0 Å². The Bertz CT molecular complexity index is 515. The first-order chi connectivity index (χ1) is 9.79. The summed E-state index contributed by atoms with van der Waals surface area (Å²) in [6.45, 7) is 4.81. The van der Waals surface area contributed by atoms with Crippen LogP contribution < -0.4 is 14.8 Å². The van der Waals surface area contributed by atoms with Gasteiger partial charge in [0.25, 0.3) is 0 Å². The van der Waals surface area contributed by atoms with Crippen LogP contribution in [0, 0.1) is 5.92 Å². The molecule has 2 bridgehead atoms. The van der Waals surface area contributed by atoms with Gasteiger partial charge in [0.2, 0.25) is 0 Å². The molecule has 4 heterocycles. The second-order valence-corrected chi connectivity index (χ2v) is 6.27. The average molecular weight is 295 g/mol. The van der Waals surface area contributed by atoms with Crippen LogP contribution in [0.25, 0.3) is 0 Å². The van der Waals surface area contributed by atoms with E-state index < -0.39 is 0 Å². The number of hydrogen-bond acceptors (Lipinski definition) is 4. The largest absolute Gasteiger partial charge is 0.486 e. The SMILES string of the molecule is Clc1cc2c(cc1NC1CN3CCC1CC3)OCCO2. The van der Waals surface area contributed by atoms with Crippen molar-refractivity contribution in [2.24, 2.45) is 5.92 Å². The summed E-state index contributed by atoms with van der Waals surface area (Å²) in [5.74, 6) is 2.31. The number of rotatable bonds is 2. The second-order valence-electron chi connectivity index (χ2n) is 5.86. The van der Waals surface area contributed by atoms with Crippen molar-refractivity contribution < 1.29 is 9.47 Å². The molecule has 3 saturated heterocycles. The predicted molar refractivity (Wildman–Crippen MR) is 79.0 cm³/mol. The minimum Gasteiger partial charge on any atom is -0.486 e. The first kappa shape index (κ1) is 12.6. The Kier molecular flexibility index (Phi) is 3.15. The van der Waals surface area contributed by atoms with E-state index >= 15 is 0 Å². The molecule has 1 atom stereocenters. The molecule has 0 radical (unpaired) electrons. The molecular formula is C15H19ClN2O2.